The molecule has 4 nitrogen and oxygen atoms in total. The van der Waals surface area contributed by atoms with Gasteiger partial charge in [-0.15, -0.1) is 0 Å². The Morgan fingerprint density at radius 1 is 1.36 bits per heavy atom. The van der Waals surface area contributed by atoms with E-state index >= 15 is 0 Å². The largest absolute Gasteiger partial charge is 0.395 e. The Morgan fingerprint density at radius 3 is 1.55 bits per heavy atom. The van der Waals surface area contributed by atoms with Gasteiger partial charge in [-0.2, -0.15) is 0 Å². The Morgan fingerprint density at radius 2 is 1.55 bits per heavy atom. The number of nitrogens with two attached hydrogens (primary N) is 2. The van der Waals surface area contributed by atoms with Gasteiger partial charge < -0.3 is 21.7 Å². The predicted molar refractivity (Wildman–Crippen MR) is 46.1 cm³/mol. The van der Waals surface area contributed by atoms with Gasteiger partial charge in [0.2, 0.25) is 0 Å². The standard InChI is InChI=1S/C4H11NO.C3H9NO/c1-4(2,5)3-6;1-3(4)2-5/h6H,3,5H2,1-2H3;3,5H,2,4H2,1H3. The van der Waals surface area contributed by atoms with Crippen LogP contribution >= 0.6 is 0 Å². The molecular weight excluding hydrogens is 144 g/mol. The third-order valence-electron chi connectivity index (χ3n) is 0.695. The molecule has 0 saturated heterocycles. The zero-order valence-electron chi connectivity index (χ0n) is 7.54. The Balaban J connectivity index is 0. The smallest absolute Gasteiger partial charge is 0.0605 e. The van der Waals surface area contributed by atoms with Crippen LogP contribution in [0.15, 0.2) is 0 Å². The van der Waals surface area contributed by atoms with Crippen LogP contribution in [0.1, 0.15) is 20.8 Å². The fourth-order valence-electron chi connectivity index (χ4n) is 0. The van der Waals surface area contributed by atoms with Crippen LogP contribution < -0.4 is 11.5 Å². The summed E-state index contributed by atoms with van der Waals surface area (Å²) in [5.41, 5.74) is 9.92. The minimum Gasteiger partial charge on any atom is -0.395 e. The molecule has 4 heteroatoms. The van der Waals surface area contributed by atoms with Crippen LogP contribution in [0, 0.1) is 0 Å². The SMILES string of the molecule is CC(C)(N)CO.CC(N)CO. The first-order valence-electron chi connectivity index (χ1n) is 3.59. The highest BCUT2D eigenvalue weighted by Gasteiger charge is 2.05. The van der Waals surface area contributed by atoms with E-state index in [1.54, 1.807) is 20.8 Å². The number of hydrogen-bond donors (Lipinski definition) is 4. The summed E-state index contributed by atoms with van der Waals surface area (Å²) in [6, 6.07) is -0.0602. The molecule has 0 aliphatic heterocycles. The molecule has 0 aromatic rings. The Kier molecular flexibility index (Phi) is 7.99. The van der Waals surface area contributed by atoms with Crippen molar-refractivity contribution in [2.45, 2.75) is 32.4 Å². The molecule has 1 unspecified atom stereocenters. The molecule has 0 rings (SSSR count). The highest BCUT2D eigenvalue weighted by Crippen LogP contribution is 1.89. The van der Waals surface area contributed by atoms with Crippen molar-refractivity contribution in [1.29, 1.82) is 0 Å². The van der Waals surface area contributed by atoms with Crippen LogP contribution in [0.3, 0.4) is 0 Å². The maximum absolute atomic E-state index is 8.28. The summed E-state index contributed by atoms with van der Waals surface area (Å²) in [6.07, 6.45) is 0. The highest BCUT2D eigenvalue weighted by atomic mass is 16.3. The number of aliphatic hydroxyl groups excluding tert-OH is 2. The minimum absolute atomic E-state index is 0.0486. The molecule has 0 aromatic carbocycles. The first kappa shape index (κ1) is 13.4. The monoisotopic (exact) mass is 164 g/mol. The zero-order chi connectivity index (χ0) is 9.49. The second-order valence-corrected chi connectivity index (χ2v) is 3.31. The minimum atomic E-state index is -0.403. The molecule has 0 saturated carbocycles. The van der Waals surface area contributed by atoms with Crippen molar-refractivity contribution in [1.82, 2.24) is 0 Å². The average molecular weight is 164 g/mol. The molecule has 0 fully saturated rings. The van der Waals surface area contributed by atoms with Crippen molar-refractivity contribution in [3.63, 3.8) is 0 Å². The van der Waals surface area contributed by atoms with E-state index in [0.717, 1.165) is 0 Å². The van der Waals surface area contributed by atoms with Gasteiger partial charge in [0, 0.05) is 11.6 Å². The van der Waals surface area contributed by atoms with Gasteiger partial charge in [-0.1, -0.05) is 0 Å². The van der Waals surface area contributed by atoms with Gasteiger partial charge in [0.25, 0.3) is 0 Å². The van der Waals surface area contributed by atoms with E-state index in [-0.39, 0.29) is 19.3 Å². The zero-order valence-corrected chi connectivity index (χ0v) is 7.54. The maximum atomic E-state index is 8.28. The van der Waals surface area contributed by atoms with Crippen LogP contribution in [0.5, 0.6) is 0 Å². The van der Waals surface area contributed by atoms with Gasteiger partial charge in [0.05, 0.1) is 13.2 Å². The van der Waals surface area contributed by atoms with E-state index in [1.165, 1.54) is 0 Å². The van der Waals surface area contributed by atoms with Gasteiger partial charge in [0.15, 0.2) is 0 Å². The fourth-order valence-corrected chi connectivity index (χ4v) is 0. The van der Waals surface area contributed by atoms with Crippen LogP contribution in [-0.2, 0) is 0 Å². The molecule has 11 heavy (non-hydrogen) atoms. The molecule has 0 heterocycles. The van der Waals surface area contributed by atoms with Gasteiger partial charge in [-0.3, -0.25) is 0 Å². The van der Waals surface area contributed by atoms with Crippen LogP contribution in [0.25, 0.3) is 0 Å². The molecule has 0 aliphatic rings. The highest BCUT2D eigenvalue weighted by molar-refractivity contribution is 4.67. The number of hydrogen-bond acceptors (Lipinski definition) is 4. The lowest BCUT2D eigenvalue weighted by Crippen LogP contribution is -2.35. The van der Waals surface area contributed by atoms with Gasteiger partial charge in [-0.25, -0.2) is 0 Å². The molecule has 0 radical (unpaired) electrons. The fraction of sp³-hybridized carbons (Fsp3) is 1.00. The second-order valence-electron chi connectivity index (χ2n) is 3.31. The summed E-state index contributed by atoms with van der Waals surface area (Å²) in [4.78, 5) is 0. The van der Waals surface area contributed by atoms with E-state index in [9.17, 15) is 0 Å². The lowest BCUT2D eigenvalue weighted by molar-refractivity contribution is 0.221. The number of aliphatic hydroxyl groups is 2. The number of rotatable bonds is 2. The third kappa shape index (κ3) is 25.8. The van der Waals surface area contributed by atoms with E-state index < -0.39 is 5.54 Å². The van der Waals surface area contributed by atoms with E-state index in [2.05, 4.69) is 0 Å². The average Bonchev–Trinajstić information content (AvgIpc) is 1.88. The van der Waals surface area contributed by atoms with E-state index in [0.29, 0.717) is 0 Å². The molecule has 0 aliphatic carbocycles. The van der Waals surface area contributed by atoms with Gasteiger partial charge in [-0.05, 0) is 20.8 Å². The van der Waals surface area contributed by atoms with Gasteiger partial charge >= 0.3 is 0 Å². The molecule has 70 valence electrons. The molecule has 0 spiro atoms. The van der Waals surface area contributed by atoms with E-state index in [4.69, 9.17) is 21.7 Å². The quantitative estimate of drug-likeness (QED) is 0.423. The first-order chi connectivity index (χ1) is 4.83. The Hall–Kier alpha value is -0.160. The lowest BCUT2D eigenvalue weighted by Gasteiger charge is -2.12. The first-order valence-corrected chi connectivity index (χ1v) is 3.59. The summed E-state index contributed by atoms with van der Waals surface area (Å²) in [5, 5.41) is 16.3. The predicted octanol–water partition coefficient (Wildman–Crippen LogP) is -0.958. The topological polar surface area (TPSA) is 92.5 Å². The van der Waals surface area contributed by atoms with Crippen molar-refractivity contribution in [2.75, 3.05) is 13.2 Å². The molecule has 1 atom stereocenters. The summed E-state index contributed by atoms with van der Waals surface area (Å²) in [5.74, 6) is 0. The summed E-state index contributed by atoms with van der Waals surface area (Å²) >= 11 is 0. The van der Waals surface area contributed by atoms with Crippen molar-refractivity contribution in [3.05, 3.63) is 0 Å². The van der Waals surface area contributed by atoms with Crippen LogP contribution in [0.4, 0.5) is 0 Å². The normalized spacial score (nSPS) is 13.4. The third-order valence-corrected chi connectivity index (χ3v) is 0.695. The summed E-state index contributed by atoms with van der Waals surface area (Å²) in [6.45, 7) is 5.42. The maximum Gasteiger partial charge on any atom is 0.0605 e. The Labute approximate surface area is 68.2 Å². The lowest BCUT2D eigenvalue weighted by atomic mass is 10.1. The summed E-state index contributed by atoms with van der Waals surface area (Å²) < 4.78 is 0. The molecular formula is C7H20N2O2. The van der Waals surface area contributed by atoms with Crippen molar-refractivity contribution >= 4 is 0 Å². The molecule has 0 bridgehead atoms. The van der Waals surface area contributed by atoms with E-state index in [1.807, 2.05) is 0 Å². The molecule has 0 aromatic heterocycles. The van der Waals surface area contributed by atoms with Crippen molar-refractivity contribution in [2.24, 2.45) is 11.5 Å². The second kappa shape index (κ2) is 6.54. The Bertz CT molecular complexity index is 79.0. The summed E-state index contributed by atoms with van der Waals surface area (Å²) in [7, 11) is 0. The van der Waals surface area contributed by atoms with Crippen LogP contribution in [0.2, 0.25) is 0 Å². The molecule has 6 N–H and O–H groups in total. The van der Waals surface area contributed by atoms with Gasteiger partial charge in [0.1, 0.15) is 0 Å². The molecule has 0 amide bonds. The van der Waals surface area contributed by atoms with Crippen LogP contribution in [-0.4, -0.2) is 35.0 Å². The van der Waals surface area contributed by atoms with Crippen molar-refractivity contribution < 1.29 is 10.2 Å². The van der Waals surface area contributed by atoms with Crippen molar-refractivity contribution in [3.8, 4) is 0 Å².